The summed E-state index contributed by atoms with van der Waals surface area (Å²) in [5.74, 6) is 1.59. The SMILES string of the molecule is COc1cc(I)c(C(=O)NC(C)c2ncc(-c3ccccc3)[nH]2)cc1OC. The number of methoxy groups -OCH3 is 2. The van der Waals surface area contributed by atoms with Crippen molar-refractivity contribution in [3.63, 3.8) is 0 Å². The lowest BCUT2D eigenvalue weighted by atomic mass is 10.1. The summed E-state index contributed by atoms with van der Waals surface area (Å²) in [6.07, 6.45) is 1.77. The van der Waals surface area contributed by atoms with E-state index in [9.17, 15) is 4.79 Å². The fourth-order valence-corrected chi connectivity index (χ4v) is 3.38. The van der Waals surface area contributed by atoms with Crippen molar-refractivity contribution in [3.05, 3.63) is 63.6 Å². The van der Waals surface area contributed by atoms with Crippen LogP contribution >= 0.6 is 22.6 Å². The predicted octanol–water partition coefficient (Wildman–Crippen LogP) is 4.19. The number of imidazole rings is 1. The fourth-order valence-electron chi connectivity index (χ4n) is 2.69. The second-order valence-electron chi connectivity index (χ2n) is 5.93. The Bertz CT molecular complexity index is 941. The number of carbonyl (C=O) groups excluding carboxylic acids is 1. The van der Waals surface area contributed by atoms with Crippen LogP contribution in [0.1, 0.15) is 29.1 Å². The minimum atomic E-state index is -0.279. The molecule has 2 aromatic carbocycles. The molecule has 0 bridgehead atoms. The van der Waals surface area contributed by atoms with Gasteiger partial charge in [-0.15, -0.1) is 0 Å². The van der Waals surface area contributed by atoms with E-state index >= 15 is 0 Å². The van der Waals surface area contributed by atoms with Gasteiger partial charge in [0.25, 0.3) is 5.91 Å². The Kier molecular flexibility index (Phi) is 6.00. The Labute approximate surface area is 171 Å². The van der Waals surface area contributed by atoms with Gasteiger partial charge in [-0.3, -0.25) is 4.79 Å². The maximum absolute atomic E-state index is 12.7. The van der Waals surface area contributed by atoms with Gasteiger partial charge in [0.15, 0.2) is 11.5 Å². The molecule has 0 fully saturated rings. The second kappa shape index (κ2) is 8.43. The first-order valence-corrected chi connectivity index (χ1v) is 9.44. The van der Waals surface area contributed by atoms with Crippen LogP contribution in [0.5, 0.6) is 11.5 Å². The topological polar surface area (TPSA) is 76.2 Å². The summed E-state index contributed by atoms with van der Waals surface area (Å²) < 4.78 is 11.3. The molecule has 0 aliphatic rings. The summed E-state index contributed by atoms with van der Waals surface area (Å²) in [6.45, 7) is 1.89. The zero-order chi connectivity index (χ0) is 19.4. The van der Waals surface area contributed by atoms with Crippen LogP contribution in [-0.4, -0.2) is 30.1 Å². The molecular formula is C20H20IN3O3. The fraction of sp³-hybridized carbons (Fsp3) is 0.200. The van der Waals surface area contributed by atoms with Gasteiger partial charge >= 0.3 is 0 Å². The van der Waals surface area contributed by atoms with E-state index < -0.39 is 0 Å². The third kappa shape index (κ3) is 4.24. The van der Waals surface area contributed by atoms with Crippen molar-refractivity contribution in [2.24, 2.45) is 0 Å². The minimum absolute atomic E-state index is 0.203. The van der Waals surface area contributed by atoms with Crippen molar-refractivity contribution in [2.45, 2.75) is 13.0 Å². The molecule has 1 aromatic heterocycles. The summed E-state index contributed by atoms with van der Waals surface area (Å²) in [5, 5.41) is 2.97. The largest absolute Gasteiger partial charge is 0.493 e. The molecule has 6 nitrogen and oxygen atoms in total. The van der Waals surface area contributed by atoms with E-state index in [1.807, 2.05) is 37.3 Å². The normalized spacial score (nSPS) is 11.7. The number of nitrogens with zero attached hydrogens (tertiary/aromatic N) is 1. The lowest BCUT2D eigenvalue weighted by Gasteiger charge is -2.15. The Morgan fingerprint density at radius 3 is 2.48 bits per heavy atom. The highest BCUT2D eigenvalue weighted by atomic mass is 127. The van der Waals surface area contributed by atoms with Crippen LogP contribution in [0.15, 0.2) is 48.7 Å². The number of amides is 1. The van der Waals surface area contributed by atoms with Crippen LogP contribution < -0.4 is 14.8 Å². The molecule has 1 unspecified atom stereocenters. The Balaban J connectivity index is 1.77. The number of halogens is 1. The first-order chi connectivity index (χ1) is 13.0. The number of aromatic amines is 1. The van der Waals surface area contributed by atoms with Crippen molar-refractivity contribution in [3.8, 4) is 22.8 Å². The monoisotopic (exact) mass is 477 g/mol. The maximum atomic E-state index is 12.7. The van der Waals surface area contributed by atoms with Gasteiger partial charge in [-0.05, 0) is 47.2 Å². The molecular weight excluding hydrogens is 457 g/mol. The Hall–Kier alpha value is -2.55. The summed E-state index contributed by atoms with van der Waals surface area (Å²) in [4.78, 5) is 20.4. The quantitative estimate of drug-likeness (QED) is 0.523. The summed E-state index contributed by atoms with van der Waals surface area (Å²) in [6, 6.07) is 13.1. The number of hydrogen-bond donors (Lipinski definition) is 2. The van der Waals surface area contributed by atoms with E-state index in [2.05, 4.69) is 37.9 Å². The Morgan fingerprint density at radius 2 is 1.81 bits per heavy atom. The summed E-state index contributed by atoms with van der Waals surface area (Å²) in [5.41, 5.74) is 2.48. The van der Waals surface area contributed by atoms with Crippen LogP contribution in [0, 0.1) is 3.57 Å². The molecule has 1 atom stereocenters. The van der Waals surface area contributed by atoms with E-state index in [4.69, 9.17) is 9.47 Å². The molecule has 3 aromatic rings. The first kappa shape index (κ1) is 19.2. The van der Waals surface area contributed by atoms with Crippen molar-refractivity contribution in [2.75, 3.05) is 14.2 Å². The lowest BCUT2D eigenvalue weighted by molar-refractivity contribution is 0.0937. The number of ether oxygens (including phenoxy) is 2. The number of carbonyl (C=O) groups is 1. The maximum Gasteiger partial charge on any atom is 0.253 e. The smallest absolute Gasteiger partial charge is 0.253 e. The molecule has 0 saturated carbocycles. The van der Waals surface area contributed by atoms with Crippen molar-refractivity contribution < 1.29 is 14.3 Å². The molecule has 27 heavy (non-hydrogen) atoms. The molecule has 140 valence electrons. The molecule has 1 amide bonds. The number of nitrogens with one attached hydrogen (secondary N) is 2. The number of aromatic nitrogens is 2. The molecule has 3 rings (SSSR count). The second-order valence-corrected chi connectivity index (χ2v) is 7.09. The average molecular weight is 477 g/mol. The van der Waals surface area contributed by atoms with Gasteiger partial charge in [0.2, 0.25) is 0 Å². The van der Waals surface area contributed by atoms with E-state index in [-0.39, 0.29) is 11.9 Å². The van der Waals surface area contributed by atoms with Gasteiger partial charge < -0.3 is 19.8 Å². The highest BCUT2D eigenvalue weighted by Crippen LogP contribution is 2.31. The van der Waals surface area contributed by atoms with E-state index in [0.29, 0.717) is 22.9 Å². The number of hydrogen-bond acceptors (Lipinski definition) is 4. The van der Waals surface area contributed by atoms with Gasteiger partial charge in [-0.2, -0.15) is 0 Å². The van der Waals surface area contributed by atoms with Gasteiger partial charge in [-0.1, -0.05) is 30.3 Å². The highest BCUT2D eigenvalue weighted by molar-refractivity contribution is 14.1. The van der Waals surface area contributed by atoms with Gasteiger partial charge in [-0.25, -0.2) is 4.98 Å². The zero-order valence-corrected chi connectivity index (χ0v) is 17.4. The lowest BCUT2D eigenvalue weighted by Crippen LogP contribution is -2.28. The van der Waals surface area contributed by atoms with Crippen molar-refractivity contribution in [1.29, 1.82) is 0 Å². The van der Waals surface area contributed by atoms with Crippen molar-refractivity contribution >= 4 is 28.5 Å². The standard InChI is InChI=1S/C20H20IN3O3/c1-12(19-22-11-16(24-19)13-7-5-4-6-8-13)23-20(25)14-9-17(26-2)18(27-3)10-15(14)21/h4-12H,1-3H3,(H,22,24)(H,23,25). The minimum Gasteiger partial charge on any atom is -0.493 e. The van der Waals surface area contributed by atoms with Gasteiger partial charge in [0.1, 0.15) is 5.82 Å². The van der Waals surface area contributed by atoms with Crippen LogP contribution in [0.25, 0.3) is 11.3 Å². The number of rotatable bonds is 6. The van der Waals surface area contributed by atoms with E-state index in [0.717, 1.165) is 14.8 Å². The third-order valence-electron chi connectivity index (χ3n) is 4.16. The molecule has 0 spiro atoms. The average Bonchev–Trinajstić information content (AvgIpc) is 3.18. The molecule has 0 aliphatic carbocycles. The van der Waals surface area contributed by atoms with Gasteiger partial charge in [0, 0.05) is 3.57 Å². The highest BCUT2D eigenvalue weighted by Gasteiger charge is 2.19. The van der Waals surface area contributed by atoms with Crippen LogP contribution in [0.4, 0.5) is 0 Å². The van der Waals surface area contributed by atoms with Crippen LogP contribution in [-0.2, 0) is 0 Å². The predicted molar refractivity (Wildman–Crippen MR) is 112 cm³/mol. The molecule has 0 radical (unpaired) electrons. The molecule has 1 heterocycles. The Morgan fingerprint density at radius 1 is 1.15 bits per heavy atom. The van der Waals surface area contributed by atoms with Gasteiger partial charge in [0.05, 0.1) is 37.7 Å². The zero-order valence-electron chi connectivity index (χ0n) is 15.2. The first-order valence-electron chi connectivity index (χ1n) is 8.36. The molecule has 0 saturated heterocycles. The van der Waals surface area contributed by atoms with Crippen molar-refractivity contribution in [1.82, 2.24) is 15.3 Å². The molecule has 0 aliphatic heterocycles. The van der Waals surface area contributed by atoms with Crippen LogP contribution in [0.2, 0.25) is 0 Å². The molecule has 7 heteroatoms. The van der Waals surface area contributed by atoms with E-state index in [1.54, 1.807) is 32.5 Å². The molecule has 2 N–H and O–H groups in total. The third-order valence-corrected chi connectivity index (χ3v) is 5.05. The summed E-state index contributed by atoms with van der Waals surface area (Å²) in [7, 11) is 3.11. The number of benzene rings is 2. The van der Waals surface area contributed by atoms with Crippen LogP contribution in [0.3, 0.4) is 0 Å². The summed E-state index contributed by atoms with van der Waals surface area (Å²) >= 11 is 2.11. The number of H-pyrrole nitrogens is 1. The van der Waals surface area contributed by atoms with E-state index in [1.165, 1.54) is 0 Å².